The molecule has 3 fully saturated rings. The number of aromatic nitrogens is 2. The largest absolute Gasteiger partial charge is 0.381 e. The topological polar surface area (TPSA) is 30.3 Å². The lowest BCUT2D eigenvalue weighted by molar-refractivity contribution is 0.151. The SMILES string of the molecule is Cn1cc(CN2CC[C@@]3(CCOC3)C2)c(C2CCCCC2)n1. The standard InChI is InChI=1S/C18H29N3O/c1-20-11-16(17(19-20)15-5-3-2-4-6-15)12-21-9-7-18(13-21)8-10-22-14-18/h11,15H,2-10,12-14H2,1H3/t18-/m1/s1. The number of ether oxygens (including phenoxy) is 1. The Hall–Kier alpha value is -0.870. The molecule has 0 unspecified atom stereocenters. The monoisotopic (exact) mass is 303 g/mol. The summed E-state index contributed by atoms with van der Waals surface area (Å²) in [5, 5.41) is 4.83. The second-order valence-corrected chi connectivity index (χ2v) is 7.81. The molecule has 1 saturated carbocycles. The van der Waals surface area contributed by atoms with E-state index in [1.165, 1.54) is 69.3 Å². The quantitative estimate of drug-likeness (QED) is 0.859. The van der Waals surface area contributed by atoms with Crippen LogP contribution in [0.4, 0.5) is 0 Å². The van der Waals surface area contributed by atoms with Crippen LogP contribution in [0.5, 0.6) is 0 Å². The van der Waals surface area contributed by atoms with E-state index in [9.17, 15) is 0 Å². The molecule has 1 atom stereocenters. The van der Waals surface area contributed by atoms with Crippen LogP contribution >= 0.6 is 0 Å². The van der Waals surface area contributed by atoms with E-state index in [2.05, 4.69) is 18.1 Å². The summed E-state index contributed by atoms with van der Waals surface area (Å²) in [7, 11) is 2.08. The highest BCUT2D eigenvalue weighted by Gasteiger charge is 2.41. The van der Waals surface area contributed by atoms with Gasteiger partial charge in [-0.15, -0.1) is 0 Å². The van der Waals surface area contributed by atoms with Crippen molar-refractivity contribution < 1.29 is 4.74 Å². The van der Waals surface area contributed by atoms with E-state index in [1.54, 1.807) is 0 Å². The van der Waals surface area contributed by atoms with Crippen LogP contribution in [0, 0.1) is 5.41 Å². The number of hydrogen-bond acceptors (Lipinski definition) is 3. The van der Waals surface area contributed by atoms with Crippen LogP contribution < -0.4 is 0 Å². The number of nitrogens with zero attached hydrogens (tertiary/aromatic N) is 3. The summed E-state index contributed by atoms with van der Waals surface area (Å²) in [6, 6.07) is 0. The van der Waals surface area contributed by atoms with Crippen molar-refractivity contribution in [2.75, 3.05) is 26.3 Å². The summed E-state index contributed by atoms with van der Waals surface area (Å²) in [6.45, 7) is 5.47. The maximum Gasteiger partial charge on any atom is 0.0700 e. The van der Waals surface area contributed by atoms with Gasteiger partial charge in [-0.3, -0.25) is 9.58 Å². The molecule has 22 heavy (non-hydrogen) atoms. The Bertz CT molecular complexity index is 512. The maximum atomic E-state index is 5.66. The third-order valence-corrected chi connectivity index (χ3v) is 6.03. The first kappa shape index (κ1) is 14.7. The molecule has 0 amide bonds. The van der Waals surface area contributed by atoms with E-state index in [4.69, 9.17) is 9.84 Å². The van der Waals surface area contributed by atoms with E-state index in [0.29, 0.717) is 11.3 Å². The van der Waals surface area contributed by atoms with Crippen molar-refractivity contribution in [2.45, 2.75) is 57.4 Å². The van der Waals surface area contributed by atoms with Gasteiger partial charge in [0.2, 0.25) is 0 Å². The Kier molecular flexibility index (Phi) is 3.99. The number of hydrogen-bond donors (Lipinski definition) is 0. The third-order valence-electron chi connectivity index (χ3n) is 6.03. The lowest BCUT2D eigenvalue weighted by atomic mass is 9.85. The molecule has 4 nitrogen and oxygen atoms in total. The molecular weight excluding hydrogens is 274 g/mol. The van der Waals surface area contributed by atoms with E-state index >= 15 is 0 Å². The van der Waals surface area contributed by atoms with E-state index in [0.717, 1.165) is 19.8 Å². The normalized spacial score (nSPS) is 30.6. The van der Waals surface area contributed by atoms with Gasteiger partial charge in [0.05, 0.1) is 12.3 Å². The van der Waals surface area contributed by atoms with Crippen LogP contribution in [0.2, 0.25) is 0 Å². The zero-order valence-electron chi connectivity index (χ0n) is 13.9. The van der Waals surface area contributed by atoms with Crippen LogP contribution in [0.15, 0.2) is 6.20 Å². The zero-order chi connectivity index (χ0) is 15.0. The Morgan fingerprint density at radius 3 is 2.91 bits per heavy atom. The molecule has 2 saturated heterocycles. The summed E-state index contributed by atoms with van der Waals surface area (Å²) < 4.78 is 7.69. The molecule has 3 heterocycles. The fraction of sp³-hybridized carbons (Fsp3) is 0.833. The minimum absolute atomic E-state index is 0.465. The van der Waals surface area contributed by atoms with Gasteiger partial charge < -0.3 is 4.74 Å². The summed E-state index contributed by atoms with van der Waals surface area (Å²) >= 11 is 0. The van der Waals surface area contributed by atoms with Crippen LogP contribution in [-0.2, 0) is 18.3 Å². The molecule has 0 aromatic carbocycles. The number of likely N-dealkylation sites (tertiary alicyclic amines) is 1. The highest BCUT2D eigenvalue weighted by molar-refractivity contribution is 5.22. The van der Waals surface area contributed by atoms with Crippen molar-refractivity contribution >= 4 is 0 Å². The molecule has 4 rings (SSSR count). The Balaban J connectivity index is 1.46. The van der Waals surface area contributed by atoms with Gasteiger partial charge in [-0.1, -0.05) is 19.3 Å². The smallest absolute Gasteiger partial charge is 0.0700 e. The van der Waals surface area contributed by atoms with Crippen LogP contribution in [0.1, 0.15) is 62.1 Å². The first-order valence-electron chi connectivity index (χ1n) is 9.07. The Morgan fingerprint density at radius 1 is 1.27 bits per heavy atom. The van der Waals surface area contributed by atoms with Crippen LogP contribution in [0.3, 0.4) is 0 Å². The average molecular weight is 303 g/mol. The van der Waals surface area contributed by atoms with E-state index in [-0.39, 0.29) is 0 Å². The fourth-order valence-electron chi connectivity index (χ4n) is 4.77. The van der Waals surface area contributed by atoms with Crippen molar-refractivity contribution in [3.05, 3.63) is 17.5 Å². The van der Waals surface area contributed by atoms with E-state index in [1.807, 2.05) is 4.68 Å². The van der Waals surface area contributed by atoms with Crippen molar-refractivity contribution in [1.82, 2.24) is 14.7 Å². The predicted octanol–water partition coefficient (Wildman–Crippen LogP) is 3.08. The zero-order valence-corrected chi connectivity index (χ0v) is 13.9. The molecule has 0 N–H and O–H groups in total. The molecule has 1 aromatic heterocycles. The highest BCUT2D eigenvalue weighted by atomic mass is 16.5. The lowest BCUT2D eigenvalue weighted by Gasteiger charge is -2.24. The van der Waals surface area contributed by atoms with Crippen molar-refractivity contribution in [1.29, 1.82) is 0 Å². The number of rotatable bonds is 3. The van der Waals surface area contributed by atoms with E-state index < -0.39 is 0 Å². The summed E-state index contributed by atoms with van der Waals surface area (Å²) in [5.74, 6) is 0.705. The van der Waals surface area contributed by atoms with Crippen molar-refractivity contribution in [3.8, 4) is 0 Å². The minimum Gasteiger partial charge on any atom is -0.381 e. The fourth-order valence-corrected chi connectivity index (χ4v) is 4.77. The van der Waals surface area contributed by atoms with Crippen molar-refractivity contribution in [2.24, 2.45) is 12.5 Å². The van der Waals surface area contributed by atoms with Gasteiger partial charge >= 0.3 is 0 Å². The molecule has 2 aliphatic heterocycles. The molecule has 122 valence electrons. The molecular formula is C18H29N3O. The Morgan fingerprint density at radius 2 is 2.14 bits per heavy atom. The summed E-state index contributed by atoms with van der Waals surface area (Å²) in [5.41, 5.74) is 3.34. The average Bonchev–Trinajstić information content (AvgIpc) is 3.24. The molecule has 0 bridgehead atoms. The van der Waals surface area contributed by atoms with Crippen LogP contribution in [-0.4, -0.2) is 41.0 Å². The lowest BCUT2D eigenvalue weighted by Crippen LogP contribution is -2.27. The van der Waals surface area contributed by atoms with Gasteiger partial charge in [0.1, 0.15) is 0 Å². The summed E-state index contributed by atoms with van der Waals surface area (Å²) in [4.78, 5) is 2.64. The van der Waals surface area contributed by atoms with Crippen LogP contribution in [0.25, 0.3) is 0 Å². The van der Waals surface area contributed by atoms with Gasteiger partial charge in [-0.25, -0.2) is 0 Å². The predicted molar refractivity (Wildman–Crippen MR) is 86.8 cm³/mol. The van der Waals surface area contributed by atoms with Gasteiger partial charge in [0.15, 0.2) is 0 Å². The first-order valence-corrected chi connectivity index (χ1v) is 9.07. The summed E-state index contributed by atoms with van der Waals surface area (Å²) in [6.07, 6.45) is 11.7. The second-order valence-electron chi connectivity index (χ2n) is 7.81. The molecule has 1 aromatic rings. The molecule has 3 aliphatic rings. The number of aryl methyl sites for hydroxylation is 1. The first-order chi connectivity index (χ1) is 10.7. The van der Waals surface area contributed by atoms with Gasteiger partial charge in [-0.2, -0.15) is 5.10 Å². The minimum atomic E-state index is 0.465. The van der Waals surface area contributed by atoms with Gasteiger partial charge in [0.25, 0.3) is 0 Å². The highest BCUT2D eigenvalue weighted by Crippen LogP contribution is 2.39. The molecule has 0 radical (unpaired) electrons. The van der Waals surface area contributed by atoms with Crippen molar-refractivity contribution in [3.63, 3.8) is 0 Å². The Labute approximate surface area is 133 Å². The molecule has 1 spiro atoms. The maximum absolute atomic E-state index is 5.66. The molecule has 4 heteroatoms. The second kappa shape index (κ2) is 5.97. The van der Waals surface area contributed by atoms with Gasteiger partial charge in [0, 0.05) is 49.8 Å². The third kappa shape index (κ3) is 2.83. The van der Waals surface area contributed by atoms with Gasteiger partial charge in [-0.05, 0) is 32.2 Å². The molecule has 1 aliphatic carbocycles.